The van der Waals surface area contributed by atoms with Crippen LogP contribution < -0.4 is 10.2 Å². The number of furan rings is 1. The number of hydrogen-bond acceptors (Lipinski definition) is 4. The summed E-state index contributed by atoms with van der Waals surface area (Å²) in [5, 5.41) is 6.07. The summed E-state index contributed by atoms with van der Waals surface area (Å²) < 4.78 is 13.4. The highest BCUT2D eigenvalue weighted by molar-refractivity contribution is 6.01. The molecule has 0 spiro atoms. The lowest BCUT2D eigenvalue weighted by molar-refractivity contribution is 0.0929. The summed E-state index contributed by atoms with van der Waals surface area (Å²) in [5.74, 6) is 0.553. The molecule has 0 bridgehead atoms. The van der Waals surface area contributed by atoms with E-state index in [2.05, 4.69) is 47.3 Å². The van der Waals surface area contributed by atoms with Gasteiger partial charge in [0.2, 0.25) is 0 Å². The first-order valence-electron chi connectivity index (χ1n) is 10.2. The molecule has 1 amide bonds. The Morgan fingerprint density at radius 3 is 2.87 bits per heavy atom. The monoisotopic (exact) mass is 403 g/mol. The molecule has 4 rings (SSSR count). The second-order valence-electron chi connectivity index (χ2n) is 7.21. The smallest absolute Gasteiger partial charge is 0.307 e. The third-order valence-electron chi connectivity index (χ3n) is 5.23. The van der Waals surface area contributed by atoms with E-state index < -0.39 is 5.91 Å². The molecule has 6 nitrogen and oxygen atoms in total. The summed E-state index contributed by atoms with van der Waals surface area (Å²) in [4.78, 5) is 12.5. The van der Waals surface area contributed by atoms with Gasteiger partial charge in [-0.2, -0.15) is 5.10 Å². The van der Waals surface area contributed by atoms with Gasteiger partial charge in [0.15, 0.2) is 5.76 Å². The molecule has 4 aromatic rings. The number of nitrogens with zero attached hydrogens (tertiary/aromatic N) is 2. The molecule has 1 N–H and O–H groups in total. The summed E-state index contributed by atoms with van der Waals surface area (Å²) in [7, 11) is 0. The molecule has 0 saturated heterocycles. The third kappa shape index (κ3) is 3.81. The fraction of sp³-hybridized carbons (Fsp3) is 0.250. The molecule has 0 aliphatic rings. The van der Waals surface area contributed by atoms with E-state index in [9.17, 15) is 4.79 Å². The molecule has 0 radical (unpaired) electrons. The van der Waals surface area contributed by atoms with Gasteiger partial charge in [0.05, 0.1) is 12.8 Å². The van der Waals surface area contributed by atoms with E-state index >= 15 is 0 Å². The van der Waals surface area contributed by atoms with E-state index in [0.717, 1.165) is 34.0 Å². The molecule has 30 heavy (non-hydrogen) atoms. The van der Waals surface area contributed by atoms with E-state index in [-0.39, 0.29) is 5.76 Å². The van der Waals surface area contributed by atoms with E-state index in [4.69, 9.17) is 9.15 Å². The van der Waals surface area contributed by atoms with Crippen LogP contribution >= 0.6 is 0 Å². The van der Waals surface area contributed by atoms with Crippen molar-refractivity contribution in [2.75, 3.05) is 6.61 Å². The molecule has 6 heteroatoms. The van der Waals surface area contributed by atoms with E-state index in [1.54, 1.807) is 18.3 Å². The standard InChI is InChI=1S/C24H25N3O3/c1-4-16(3)27-15-18(20-8-6-7-9-21(20)27)14-25-26-24(28)23-13-17-12-19(29-5-2)10-11-22(17)30-23/h6-16H,4-5H2,1-3H3,(H,26,28)/b25-14+/t16-/m0/s1. The Hall–Kier alpha value is -3.54. The average Bonchev–Trinajstić information content (AvgIpc) is 3.35. The van der Waals surface area contributed by atoms with Crippen molar-refractivity contribution in [2.45, 2.75) is 33.2 Å². The van der Waals surface area contributed by atoms with Crippen LogP contribution in [0.2, 0.25) is 0 Å². The van der Waals surface area contributed by atoms with Gasteiger partial charge in [0, 0.05) is 34.1 Å². The minimum atomic E-state index is -0.397. The van der Waals surface area contributed by atoms with Gasteiger partial charge in [-0.15, -0.1) is 0 Å². The van der Waals surface area contributed by atoms with Gasteiger partial charge in [-0.25, -0.2) is 5.43 Å². The molecule has 0 unspecified atom stereocenters. The minimum Gasteiger partial charge on any atom is -0.494 e. The number of rotatable bonds is 7. The number of carbonyl (C=O) groups is 1. The summed E-state index contributed by atoms with van der Waals surface area (Å²) >= 11 is 0. The number of para-hydroxylation sites is 1. The zero-order valence-corrected chi connectivity index (χ0v) is 17.4. The number of amides is 1. The maximum atomic E-state index is 12.5. The van der Waals surface area contributed by atoms with Crippen molar-refractivity contribution in [3.05, 3.63) is 66.1 Å². The van der Waals surface area contributed by atoms with Gasteiger partial charge in [-0.1, -0.05) is 25.1 Å². The lowest BCUT2D eigenvalue weighted by Crippen LogP contribution is -2.16. The molecular weight excluding hydrogens is 378 g/mol. The molecule has 0 aliphatic carbocycles. The van der Waals surface area contributed by atoms with Crippen LogP contribution in [0.4, 0.5) is 0 Å². The maximum Gasteiger partial charge on any atom is 0.307 e. The predicted molar refractivity (Wildman–Crippen MR) is 119 cm³/mol. The summed E-state index contributed by atoms with van der Waals surface area (Å²) in [6, 6.07) is 15.7. The first-order valence-corrected chi connectivity index (χ1v) is 10.2. The fourth-order valence-electron chi connectivity index (χ4n) is 3.50. The van der Waals surface area contributed by atoms with Crippen LogP contribution in [0.5, 0.6) is 5.75 Å². The Morgan fingerprint density at radius 1 is 1.23 bits per heavy atom. The molecule has 0 fully saturated rings. The van der Waals surface area contributed by atoms with Crippen LogP contribution in [-0.4, -0.2) is 23.3 Å². The van der Waals surface area contributed by atoms with E-state index in [0.29, 0.717) is 18.2 Å². The molecule has 154 valence electrons. The van der Waals surface area contributed by atoms with Gasteiger partial charge in [0.1, 0.15) is 11.3 Å². The third-order valence-corrected chi connectivity index (χ3v) is 5.23. The molecule has 0 aliphatic heterocycles. The average molecular weight is 403 g/mol. The molecule has 1 atom stereocenters. The van der Waals surface area contributed by atoms with Gasteiger partial charge in [-0.05, 0) is 50.6 Å². The number of ether oxygens (including phenoxy) is 1. The minimum absolute atomic E-state index is 0.206. The highest BCUT2D eigenvalue weighted by Crippen LogP contribution is 2.26. The predicted octanol–water partition coefficient (Wildman–Crippen LogP) is 5.52. The SMILES string of the molecule is CCOc1ccc2oc(C(=O)N/N=C/c3cn([C@@H](C)CC)c4ccccc34)cc2c1. The largest absolute Gasteiger partial charge is 0.494 e. The van der Waals surface area contributed by atoms with Crippen LogP contribution in [0.3, 0.4) is 0 Å². The van der Waals surface area contributed by atoms with Crippen LogP contribution in [-0.2, 0) is 0 Å². The summed E-state index contributed by atoms with van der Waals surface area (Å²) in [5.41, 5.74) is 5.30. The first kappa shape index (κ1) is 19.8. The maximum absolute atomic E-state index is 12.5. The second-order valence-corrected chi connectivity index (χ2v) is 7.21. The number of nitrogens with one attached hydrogen (secondary N) is 1. The Kier molecular flexibility index (Phi) is 5.57. The Labute approximate surface area is 175 Å². The van der Waals surface area contributed by atoms with Gasteiger partial charge in [-0.3, -0.25) is 4.79 Å². The van der Waals surface area contributed by atoms with Crippen molar-refractivity contribution in [2.24, 2.45) is 5.10 Å². The van der Waals surface area contributed by atoms with Crippen LogP contribution in [0.25, 0.3) is 21.9 Å². The highest BCUT2D eigenvalue weighted by atomic mass is 16.5. The van der Waals surface area contributed by atoms with Crippen molar-refractivity contribution < 1.29 is 13.9 Å². The van der Waals surface area contributed by atoms with Crippen molar-refractivity contribution >= 4 is 34.0 Å². The number of carbonyl (C=O) groups excluding carboxylic acids is 1. The zero-order valence-electron chi connectivity index (χ0n) is 17.4. The quantitative estimate of drug-likeness (QED) is 0.326. The Balaban J connectivity index is 1.53. The second kappa shape index (κ2) is 8.45. The number of hydrazone groups is 1. The Bertz CT molecular complexity index is 1220. The van der Waals surface area contributed by atoms with Crippen LogP contribution in [0, 0.1) is 0 Å². The topological polar surface area (TPSA) is 68.8 Å². The van der Waals surface area contributed by atoms with Gasteiger partial charge >= 0.3 is 5.91 Å². The van der Waals surface area contributed by atoms with Gasteiger partial charge in [0.25, 0.3) is 0 Å². The number of fused-ring (bicyclic) bond motifs is 2. The van der Waals surface area contributed by atoms with Crippen molar-refractivity contribution in [3.63, 3.8) is 0 Å². The molecule has 2 aromatic heterocycles. The van der Waals surface area contributed by atoms with Gasteiger partial charge < -0.3 is 13.7 Å². The van der Waals surface area contributed by atoms with Crippen LogP contribution in [0.1, 0.15) is 49.4 Å². The van der Waals surface area contributed by atoms with Crippen molar-refractivity contribution in [1.82, 2.24) is 9.99 Å². The van der Waals surface area contributed by atoms with E-state index in [1.807, 2.05) is 31.2 Å². The molecule has 2 aromatic carbocycles. The number of benzene rings is 2. The molecular formula is C24H25N3O3. The first-order chi connectivity index (χ1) is 14.6. The van der Waals surface area contributed by atoms with Crippen LogP contribution in [0.15, 0.2) is 64.2 Å². The van der Waals surface area contributed by atoms with Crippen molar-refractivity contribution in [1.29, 1.82) is 0 Å². The lowest BCUT2D eigenvalue weighted by atomic mass is 10.2. The molecule has 2 heterocycles. The fourth-order valence-corrected chi connectivity index (χ4v) is 3.50. The normalized spacial score (nSPS) is 12.6. The highest BCUT2D eigenvalue weighted by Gasteiger charge is 2.13. The number of hydrogen-bond donors (Lipinski definition) is 1. The van der Waals surface area contributed by atoms with Crippen molar-refractivity contribution in [3.8, 4) is 5.75 Å². The summed E-state index contributed by atoms with van der Waals surface area (Å²) in [6.07, 6.45) is 4.78. The number of aromatic nitrogens is 1. The molecule has 0 saturated carbocycles. The summed E-state index contributed by atoms with van der Waals surface area (Å²) in [6.45, 7) is 6.86. The van der Waals surface area contributed by atoms with E-state index in [1.165, 1.54) is 0 Å². The lowest BCUT2D eigenvalue weighted by Gasteiger charge is -2.12. The zero-order chi connectivity index (χ0) is 21.1. The Morgan fingerprint density at radius 2 is 2.07 bits per heavy atom.